The van der Waals surface area contributed by atoms with Crippen molar-refractivity contribution < 1.29 is 34.1 Å². The zero-order chi connectivity index (χ0) is 29.4. The van der Waals surface area contributed by atoms with Gasteiger partial charge in [-0.15, -0.1) is 0 Å². The van der Waals surface area contributed by atoms with E-state index in [4.69, 9.17) is 24.3 Å². The molecule has 0 aliphatic heterocycles. The van der Waals surface area contributed by atoms with Crippen LogP contribution in [0, 0.1) is 30.3 Å². The van der Waals surface area contributed by atoms with E-state index in [2.05, 4.69) is 6.07 Å². The number of methoxy groups -OCH3 is 3. The van der Waals surface area contributed by atoms with Crippen molar-refractivity contribution in [2.75, 3.05) is 21.3 Å². The van der Waals surface area contributed by atoms with Crippen LogP contribution in [0.5, 0.6) is 23.0 Å². The summed E-state index contributed by atoms with van der Waals surface area (Å²) in [5.74, 6) is 1.15. The van der Waals surface area contributed by atoms with E-state index in [0.29, 0.717) is 12.1 Å². The van der Waals surface area contributed by atoms with Crippen LogP contribution in [0.4, 0.5) is 17.1 Å². The van der Waals surface area contributed by atoms with Gasteiger partial charge in [0.1, 0.15) is 5.75 Å². The van der Waals surface area contributed by atoms with Gasteiger partial charge < -0.3 is 19.3 Å². The summed E-state index contributed by atoms with van der Waals surface area (Å²) in [6, 6.07) is 16.9. The average Bonchev–Trinajstić information content (AvgIpc) is 2.95. The first kappa shape index (κ1) is 29.0. The molecule has 0 aliphatic carbocycles. The molecular weight excluding hydrogens is 528 g/mol. The Balaban J connectivity index is 0.000000241. The molecule has 1 N–H and O–H groups in total. The summed E-state index contributed by atoms with van der Waals surface area (Å²) in [6.45, 7) is 0. The summed E-state index contributed by atoms with van der Waals surface area (Å²) in [5, 5.41) is 41.3. The first-order valence-corrected chi connectivity index (χ1v) is 11.5. The standard InChI is InChI=1S/C20H21NO3.C6H3N3O7/c1-22-18-11-9-14(12-20(18)24-3)8-10-15-13-19(23-2)16-6-4-5-7-17(16)21-15;10-6-4(8(13)14)1-3(7(11)12)2-5(6)9(15)16/h4-7,9,11-13H,8,10H2,1-3H3;1-2,10H. The summed E-state index contributed by atoms with van der Waals surface area (Å²) in [7, 11) is 4.99. The highest BCUT2D eigenvalue weighted by atomic mass is 16.6. The molecule has 4 aromatic rings. The van der Waals surface area contributed by atoms with E-state index in [0.717, 1.165) is 46.7 Å². The topological polar surface area (TPSA) is 190 Å². The van der Waals surface area contributed by atoms with Gasteiger partial charge in [0, 0.05) is 17.1 Å². The number of fused-ring (bicyclic) bond motifs is 1. The van der Waals surface area contributed by atoms with Gasteiger partial charge in [0.15, 0.2) is 11.5 Å². The van der Waals surface area contributed by atoms with Gasteiger partial charge in [0.05, 0.1) is 53.7 Å². The number of para-hydroxylation sites is 1. The van der Waals surface area contributed by atoms with E-state index in [9.17, 15) is 30.3 Å². The molecule has 3 aromatic carbocycles. The second-order valence-corrected chi connectivity index (χ2v) is 8.13. The number of ether oxygens (including phenoxy) is 3. The Morgan fingerprint density at radius 2 is 1.32 bits per heavy atom. The number of nitro benzene ring substituents is 3. The van der Waals surface area contributed by atoms with Crippen molar-refractivity contribution in [3.63, 3.8) is 0 Å². The van der Waals surface area contributed by atoms with Crippen LogP contribution in [0.25, 0.3) is 10.9 Å². The number of nitrogens with zero attached hydrogens (tertiary/aromatic N) is 4. The summed E-state index contributed by atoms with van der Waals surface area (Å²) in [5.41, 5.74) is 0.152. The summed E-state index contributed by atoms with van der Waals surface area (Å²) >= 11 is 0. The van der Waals surface area contributed by atoms with Gasteiger partial charge in [-0.3, -0.25) is 35.3 Å². The molecule has 0 atom stereocenters. The fraction of sp³-hybridized carbons (Fsp3) is 0.192. The summed E-state index contributed by atoms with van der Waals surface area (Å²) < 4.78 is 16.2. The van der Waals surface area contributed by atoms with Gasteiger partial charge in [-0.1, -0.05) is 18.2 Å². The molecule has 4 rings (SSSR count). The van der Waals surface area contributed by atoms with Gasteiger partial charge in [-0.05, 0) is 42.7 Å². The Kier molecular flexibility index (Phi) is 9.30. The third-order valence-corrected chi connectivity index (χ3v) is 5.73. The van der Waals surface area contributed by atoms with Crippen LogP contribution in [0.1, 0.15) is 11.3 Å². The number of benzene rings is 3. The Morgan fingerprint density at radius 3 is 1.88 bits per heavy atom. The lowest BCUT2D eigenvalue weighted by atomic mass is 10.1. The average molecular weight is 552 g/mol. The third-order valence-electron chi connectivity index (χ3n) is 5.73. The Hall–Kier alpha value is -5.53. The number of phenolic OH excluding ortho intramolecular Hbond substituents is 1. The molecule has 0 fully saturated rings. The van der Waals surface area contributed by atoms with Crippen molar-refractivity contribution >= 4 is 28.0 Å². The van der Waals surface area contributed by atoms with E-state index in [1.807, 2.05) is 42.5 Å². The second kappa shape index (κ2) is 12.8. The minimum atomic E-state index is -1.21. The molecule has 1 aromatic heterocycles. The number of aromatic hydroxyl groups is 1. The monoisotopic (exact) mass is 552 g/mol. The van der Waals surface area contributed by atoms with Gasteiger partial charge in [-0.25, -0.2) is 0 Å². The second-order valence-electron chi connectivity index (χ2n) is 8.13. The SMILES string of the molecule is COc1ccc(CCc2cc(OC)c3ccccc3n2)cc1OC.O=[N+]([O-])c1cc([N+](=O)[O-])c(O)c([N+](=O)[O-])c1. The predicted molar refractivity (Wildman–Crippen MR) is 143 cm³/mol. The van der Waals surface area contributed by atoms with Crippen molar-refractivity contribution in [3.8, 4) is 23.0 Å². The number of rotatable bonds is 9. The molecule has 0 bridgehead atoms. The van der Waals surface area contributed by atoms with Crippen molar-refractivity contribution in [3.05, 3.63) is 102 Å². The number of nitro groups is 3. The van der Waals surface area contributed by atoms with E-state index in [1.54, 1.807) is 21.3 Å². The van der Waals surface area contributed by atoms with Crippen LogP contribution in [0.2, 0.25) is 0 Å². The number of hydrogen-bond donors (Lipinski definition) is 1. The molecule has 14 nitrogen and oxygen atoms in total. The molecule has 1 heterocycles. The lowest BCUT2D eigenvalue weighted by molar-refractivity contribution is -0.404. The summed E-state index contributed by atoms with van der Waals surface area (Å²) in [4.78, 5) is 32.5. The zero-order valence-electron chi connectivity index (χ0n) is 21.6. The van der Waals surface area contributed by atoms with Crippen molar-refractivity contribution in [1.29, 1.82) is 0 Å². The van der Waals surface area contributed by atoms with E-state index in [-0.39, 0.29) is 0 Å². The summed E-state index contributed by atoms with van der Waals surface area (Å²) in [6.07, 6.45) is 1.70. The highest BCUT2D eigenvalue weighted by Gasteiger charge is 2.30. The molecular formula is C26H24N4O10. The van der Waals surface area contributed by atoms with E-state index < -0.39 is 37.6 Å². The van der Waals surface area contributed by atoms with Crippen LogP contribution in [0.15, 0.2) is 60.7 Å². The fourth-order valence-electron chi connectivity index (χ4n) is 3.77. The van der Waals surface area contributed by atoms with E-state index in [1.165, 1.54) is 5.56 Å². The van der Waals surface area contributed by atoms with Crippen LogP contribution < -0.4 is 14.2 Å². The number of phenols is 1. The number of aryl methyl sites for hydroxylation is 2. The smallest absolute Gasteiger partial charge is 0.324 e. The van der Waals surface area contributed by atoms with Gasteiger partial charge in [-0.2, -0.15) is 0 Å². The third kappa shape index (κ3) is 6.66. The molecule has 208 valence electrons. The maximum atomic E-state index is 10.4. The first-order chi connectivity index (χ1) is 19.1. The normalized spacial score (nSPS) is 10.3. The predicted octanol–water partition coefficient (Wildman–Crippen LogP) is 5.16. The maximum absolute atomic E-state index is 10.4. The number of non-ortho nitro benzene ring substituents is 1. The van der Waals surface area contributed by atoms with Gasteiger partial charge in [0.2, 0.25) is 0 Å². The zero-order valence-corrected chi connectivity index (χ0v) is 21.6. The van der Waals surface area contributed by atoms with Crippen LogP contribution in [0.3, 0.4) is 0 Å². The van der Waals surface area contributed by atoms with Gasteiger partial charge in [0.25, 0.3) is 11.4 Å². The quantitative estimate of drug-likeness (QED) is 0.213. The number of hydrogen-bond acceptors (Lipinski definition) is 11. The van der Waals surface area contributed by atoms with Crippen LogP contribution in [-0.2, 0) is 12.8 Å². The Labute approximate surface area is 226 Å². The molecule has 0 amide bonds. The highest BCUT2D eigenvalue weighted by molar-refractivity contribution is 5.85. The lowest BCUT2D eigenvalue weighted by Gasteiger charge is -2.11. The minimum absolute atomic E-state index is 0.447. The Bertz CT molecular complexity index is 1540. The molecule has 40 heavy (non-hydrogen) atoms. The Morgan fingerprint density at radius 1 is 0.725 bits per heavy atom. The largest absolute Gasteiger partial charge is 0.497 e. The molecule has 0 saturated heterocycles. The van der Waals surface area contributed by atoms with E-state index >= 15 is 0 Å². The molecule has 0 saturated carbocycles. The number of pyridine rings is 1. The molecule has 14 heteroatoms. The van der Waals surface area contributed by atoms with Crippen molar-refractivity contribution in [1.82, 2.24) is 4.98 Å². The molecule has 0 unspecified atom stereocenters. The minimum Gasteiger partial charge on any atom is -0.497 e. The van der Waals surface area contributed by atoms with Crippen molar-refractivity contribution in [2.45, 2.75) is 12.8 Å². The highest BCUT2D eigenvalue weighted by Crippen LogP contribution is 2.39. The van der Waals surface area contributed by atoms with Gasteiger partial charge >= 0.3 is 11.4 Å². The van der Waals surface area contributed by atoms with Crippen LogP contribution in [-0.4, -0.2) is 46.2 Å². The maximum Gasteiger partial charge on any atom is 0.324 e. The van der Waals surface area contributed by atoms with Crippen LogP contribution >= 0.6 is 0 Å². The number of aromatic nitrogens is 1. The van der Waals surface area contributed by atoms with Crippen molar-refractivity contribution in [2.24, 2.45) is 0 Å². The fourth-order valence-corrected chi connectivity index (χ4v) is 3.77. The molecule has 0 radical (unpaired) electrons. The molecule has 0 spiro atoms. The first-order valence-electron chi connectivity index (χ1n) is 11.5. The molecule has 0 aliphatic rings. The lowest BCUT2D eigenvalue weighted by Crippen LogP contribution is -1.98.